The minimum absolute atomic E-state index is 0.0709. The van der Waals surface area contributed by atoms with Crippen LogP contribution in [0.2, 0.25) is 0 Å². The third kappa shape index (κ3) is 8.90. The van der Waals surface area contributed by atoms with Gasteiger partial charge < -0.3 is 24.8 Å². The minimum Gasteiger partial charge on any atom is -0.427 e. The summed E-state index contributed by atoms with van der Waals surface area (Å²) in [6, 6.07) is 17.6. The molecule has 264 valence electrons. The summed E-state index contributed by atoms with van der Waals surface area (Å²) in [6.45, 7) is 4.44. The smallest absolute Gasteiger partial charge is 0.334 e. The number of hydrogen-bond acceptors (Lipinski definition) is 7. The molecule has 0 unspecified atom stereocenters. The van der Waals surface area contributed by atoms with Crippen molar-refractivity contribution in [3.05, 3.63) is 114 Å². The molecule has 2 saturated heterocycles. The standard InChI is InChI=1S/C37H42F2N6O5/c1-4-18-43-25-34(46)44-32(20-26-12-16-30(17-13-26)50-35(47)11-8-19-41(2)3)36(48)42(23-28-14-15-29(38)21-31(28)39)24-33(44)45(43)37(49)40-22-27-9-6-5-7-10-27/h4-7,9-10,12-17,21,32-33H,1,8,11,18-20,22-25H2,2-3H3,(H,40,49)/t32-,33-/m0/s1. The normalized spacial score (nSPS) is 17.9. The van der Waals surface area contributed by atoms with Crippen LogP contribution in [0.5, 0.6) is 5.75 Å². The van der Waals surface area contributed by atoms with Crippen LogP contribution >= 0.6 is 0 Å². The van der Waals surface area contributed by atoms with E-state index in [4.69, 9.17) is 4.74 Å². The van der Waals surface area contributed by atoms with Crippen LogP contribution in [0.1, 0.15) is 29.5 Å². The van der Waals surface area contributed by atoms with Gasteiger partial charge in [-0.1, -0.05) is 54.6 Å². The van der Waals surface area contributed by atoms with Crippen molar-refractivity contribution < 1.29 is 32.7 Å². The number of nitrogens with zero attached hydrogens (tertiary/aromatic N) is 5. The Morgan fingerprint density at radius 2 is 1.76 bits per heavy atom. The number of ether oxygens (including phenoxy) is 1. The second-order valence-corrected chi connectivity index (χ2v) is 12.6. The molecular weight excluding hydrogens is 646 g/mol. The number of rotatable bonds is 13. The molecule has 3 aromatic carbocycles. The van der Waals surface area contributed by atoms with Crippen molar-refractivity contribution in [1.82, 2.24) is 30.0 Å². The zero-order chi connectivity index (χ0) is 35.8. The Morgan fingerprint density at radius 3 is 2.44 bits per heavy atom. The molecule has 1 N–H and O–H groups in total. The van der Waals surface area contributed by atoms with Crippen molar-refractivity contribution in [2.75, 3.05) is 40.3 Å². The van der Waals surface area contributed by atoms with Gasteiger partial charge in [-0.25, -0.2) is 23.6 Å². The number of piperazine rings is 1. The van der Waals surface area contributed by atoms with Crippen LogP contribution in [0.15, 0.2) is 85.5 Å². The number of benzene rings is 3. The monoisotopic (exact) mass is 688 g/mol. The van der Waals surface area contributed by atoms with E-state index in [1.807, 2.05) is 49.3 Å². The molecule has 0 bridgehead atoms. The summed E-state index contributed by atoms with van der Waals surface area (Å²) in [4.78, 5) is 59.0. The molecule has 2 atom stereocenters. The Hall–Kier alpha value is -5.14. The summed E-state index contributed by atoms with van der Waals surface area (Å²) in [5, 5.41) is 5.92. The first-order valence-corrected chi connectivity index (χ1v) is 16.5. The van der Waals surface area contributed by atoms with Crippen LogP contribution in [0.3, 0.4) is 0 Å². The summed E-state index contributed by atoms with van der Waals surface area (Å²) in [5.41, 5.74) is 1.63. The van der Waals surface area contributed by atoms with Crippen molar-refractivity contribution >= 4 is 23.8 Å². The molecule has 2 aliphatic heterocycles. The van der Waals surface area contributed by atoms with Gasteiger partial charge in [0.25, 0.3) is 0 Å². The number of hydrogen-bond donors (Lipinski definition) is 1. The highest BCUT2D eigenvalue weighted by Crippen LogP contribution is 2.30. The van der Waals surface area contributed by atoms with E-state index in [0.29, 0.717) is 17.7 Å². The maximum atomic E-state index is 14.9. The van der Waals surface area contributed by atoms with Gasteiger partial charge in [0, 0.05) is 44.1 Å². The number of fused-ring (bicyclic) bond motifs is 1. The van der Waals surface area contributed by atoms with Crippen molar-refractivity contribution in [3.63, 3.8) is 0 Å². The first kappa shape index (κ1) is 36.1. The fraction of sp³-hybridized carbons (Fsp3) is 0.351. The number of esters is 1. The SMILES string of the molecule is C=CCN1CC(=O)N2[C@@H](Cc3ccc(OC(=O)CCCN(C)C)cc3)C(=O)N(Cc3ccc(F)cc3F)C[C@@H]2N1C(=O)NCc1ccccc1. The highest BCUT2D eigenvalue weighted by molar-refractivity contribution is 5.91. The average molecular weight is 689 g/mol. The molecule has 0 aliphatic carbocycles. The van der Waals surface area contributed by atoms with E-state index in [0.717, 1.165) is 24.2 Å². The third-order valence-electron chi connectivity index (χ3n) is 8.61. The second kappa shape index (κ2) is 16.5. The molecule has 2 fully saturated rings. The topological polar surface area (TPSA) is 106 Å². The van der Waals surface area contributed by atoms with Gasteiger partial charge in [-0.2, -0.15) is 0 Å². The quantitative estimate of drug-likeness (QED) is 0.165. The van der Waals surface area contributed by atoms with Gasteiger partial charge in [0.15, 0.2) is 0 Å². The molecule has 0 aromatic heterocycles. The fourth-order valence-corrected chi connectivity index (χ4v) is 6.19. The largest absolute Gasteiger partial charge is 0.427 e. The fourth-order valence-electron chi connectivity index (χ4n) is 6.19. The number of amides is 4. The van der Waals surface area contributed by atoms with E-state index in [1.54, 1.807) is 35.4 Å². The van der Waals surface area contributed by atoms with Gasteiger partial charge in [-0.15, -0.1) is 6.58 Å². The number of urea groups is 1. The minimum atomic E-state index is -1.06. The Balaban J connectivity index is 1.42. The van der Waals surface area contributed by atoms with Gasteiger partial charge in [0.1, 0.15) is 29.6 Å². The number of carbonyl (C=O) groups is 4. The first-order chi connectivity index (χ1) is 24.0. The Kier molecular flexibility index (Phi) is 11.9. The summed E-state index contributed by atoms with van der Waals surface area (Å²) >= 11 is 0. The van der Waals surface area contributed by atoms with Gasteiger partial charge >= 0.3 is 12.0 Å². The maximum Gasteiger partial charge on any atom is 0.334 e. The Morgan fingerprint density at radius 1 is 1.02 bits per heavy atom. The van der Waals surface area contributed by atoms with Gasteiger partial charge in [0.05, 0.1) is 13.1 Å². The van der Waals surface area contributed by atoms with E-state index in [-0.39, 0.29) is 63.0 Å². The molecule has 11 nitrogen and oxygen atoms in total. The third-order valence-corrected chi connectivity index (χ3v) is 8.61. The highest BCUT2D eigenvalue weighted by Gasteiger charge is 2.51. The lowest BCUT2D eigenvalue weighted by molar-refractivity contribution is -0.189. The van der Waals surface area contributed by atoms with Crippen molar-refractivity contribution in [1.29, 1.82) is 0 Å². The number of halogens is 2. The van der Waals surface area contributed by atoms with Crippen LogP contribution in [-0.4, -0.2) is 101 Å². The van der Waals surface area contributed by atoms with E-state index in [2.05, 4.69) is 11.9 Å². The molecule has 50 heavy (non-hydrogen) atoms. The Bertz CT molecular complexity index is 1690. The molecule has 0 saturated carbocycles. The van der Waals surface area contributed by atoms with Crippen LogP contribution in [0.25, 0.3) is 0 Å². The summed E-state index contributed by atoms with van der Waals surface area (Å²) in [7, 11) is 3.85. The van der Waals surface area contributed by atoms with Crippen molar-refractivity contribution in [2.24, 2.45) is 0 Å². The Labute approximate surface area is 290 Å². The van der Waals surface area contributed by atoms with Crippen molar-refractivity contribution in [2.45, 2.75) is 44.6 Å². The molecule has 4 amide bonds. The van der Waals surface area contributed by atoms with Crippen LogP contribution in [0, 0.1) is 11.6 Å². The van der Waals surface area contributed by atoms with Crippen molar-refractivity contribution in [3.8, 4) is 5.75 Å². The highest BCUT2D eigenvalue weighted by atomic mass is 19.1. The number of carbonyl (C=O) groups excluding carboxylic acids is 4. The number of nitrogens with one attached hydrogen (secondary N) is 1. The molecule has 0 spiro atoms. The lowest BCUT2D eigenvalue weighted by Gasteiger charge is -2.55. The molecule has 2 aliphatic rings. The van der Waals surface area contributed by atoms with Gasteiger partial charge in [-0.3, -0.25) is 14.4 Å². The van der Waals surface area contributed by atoms with Crippen LogP contribution in [-0.2, 0) is 33.9 Å². The molecule has 5 rings (SSSR count). The van der Waals surface area contributed by atoms with Gasteiger partial charge in [-0.05, 0) is 56.4 Å². The lowest BCUT2D eigenvalue weighted by Crippen LogP contribution is -2.76. The zero-order valence-electron chi connectivity index (χ0n) is 28.3. The summed E-state index contributed by atoms with van der Waals surface area (Å²) in [6.07, 6.45) is 1.62. The molecular formula is C37H42F2N6O5. The van der Waals surface area contributed by atoms with Crippen LogP contribution < -0.4 is 10.1 Å². The predicted octanol–water partition coefficient (Wildman–Crippen LogP) is 3.95. The van der Waals surface area contributed by atoms with E-state index in [1.165, 1.54) is 20.9 Å². The summed E-state index contributed by atoms with van der Waals surface area (Å²) in [5.74, 6) is -2.38. The predicted molar refractivity (Wildman–Crippen MR) is 182 cm³/mol. The molecule has 2 heterocycles. The second-order valence-electron chi connectivity index (χ2n) is 12.6. The molecule has 0 radical (unpaired) electrons. The van der Waals surface area contributed by atoms with Crippen LogP contribution in [0.4, 0.5) is 13.6 Å². The molecule has 13 heteroatoms. The first-order valence-electron chi connectivity index (χ1n) is 16.5. The van der Waals surface area contributed by atoms with E-state index < -0.39 is 35.8 Å². The lowest BCUT2D eigenvalue weighted by atomic mass is 9.98. The summed E-state index contributed by atoms with van der Waals surface area (Å²) < 4.78 is 34.1. The van der Waals surface area contributed by atoms with E-state index in [9.17, 15) is 28.0 Å². The number of hydrazine groups is 1. The average Bonchev–Trinajstić information content (AvgIpc) is 3.08. The maximum absolute atomic E-state index is 14.9. The molecule has 3 aromatic rings. The van der Waals surface area contributed by atoms with E-state index >= 15 is 0 Å². The zero-order valence-corrected chi connectivity index (χ0v) is 28.3. The van der Waals surface area contributed by atoms with Gasteiger partial charge in [0.2, 0.25) is 11.8 Å².